The summed E-state index contributed by atoms with van der Waals surface area (Å²) in [6.07, 6.45) is 10.0. The van der Waals surface area contributed by atoms with Gasteiger partial charge in [-0.3, -0.25) is 0 Å². The van der Waals surface area contributed by atoms with Crippen molar-refractivity contribution < 1.29 is 12.9 Å². The molecule has 1 aromatic rings. The van der Waals surface area contributed by atoms with E-state index in [0.29, 0.717) is 12.9 Å². The minimum absolute atomic E-state index is 0.205. The molecule has 0 saturated carbocycles. The Kier molecular flexibility index (Phi) is 11.5. The van der Waals surface area contributed by atoms with Crippen LogP contribution in [0.5, 0.6) is 0 Å². The maximum atomic E-state index is 4.73. The molecule has 1 aliphatic rings. The van der Waals surface area contributed by atoms with E-state index in [-0.39, 0.29) is 16.2 Å². The second kappa shape index (κ2) is 11.4. The molecule has 156 valence electrons. The van der Waals surface area contributed by atoms with Crippen LogP contribution < -0.4 is 5.30 Å². The van der Waals surface area contributed by atoms with Crippen molar-refractivity contribution in [3.8, 4) is 0 Å². The molecular weight excluding hydrogens is 437 g/mol. The quantitative estimate of drug-likeness (QED) is 0.342. The Balaban J connectivity index is 0.000000698. The molecule has 1 atom stereocenters. The molecule has 0 nitrogen and oxygen atoms in total. The van der Waals surface area contributed by atoms with Crippen LogP contribution in [0.3, 0.4) is 0 Å². The first kappa shape index (κ1) is 27.2. The number of hydrogen-bond donors (Lipinski definition) is 0. The Bertz CT molecular complexity index is 597. The Morgan fingerprint density at radius 3 is 1.19 bits per heavy atom. The van der Waals surface area contributed by atoms with Crippen LogP contribution >= 0.6 is 29.5 Å². The van der Waals surface area contributed by atoms with Gasteiger partial charge in [-0.25, -0.2) is 0 Å². The van der Waals surface area contributed by atoms with Gasteiger partial charge in [0, 0.05) is 15.7 Å². The second-order valence-electron chi connectivity index (χ2n) is 9.81. The fraction of sp³-hybridized carbons (Fsp3) is 0.522. The zero-order valence-electron chi connectivity index (χ0n) is 18.3. The minimum atomic E-state index is 0.205. The van der Waals surface area contributed by atoms with Gasteiger partial charge in [-0.05, 0) is 32.9 Å². The van der Waals surface area contributed by atoms with E-state index in [0.717, 1.165) is 0 Å². The zero-order chi connectivity index (χ0) is 21.5. The summed E-state index contributed by atoms with van der Waals surface area (Å²) in [5.41, 5.74) is 5.08. The van der Waals surface area contributed by atoms with Crippen LogP contribution in [0.25, 0.3) is 0 Å². The molecule has 0 amide bonds. The van der Waals surface area contributed by atoms with Gasteiger partial charge in [0.05, 0.1) is 5.30 Å². The topological polar surface area (TPSA) is 0 Å². The van der Waals surface area contributed by atoms with Crippen molar-refractivity contribution in [3.63, 3.8) is 0 Å². The van der Waals surface area contributed by atoms with Gasteiger partial charge < -0.3 is 0 Å². The molecule has 0 heterocycles. The van der Waals surface area contributed by atoms with Crippen LogP contribution in [0.2, 0.25) is 0 Å². The van der Waals surface area contributed by atoms with E-state index in [1.165, 1.54) is 22.0 Å². The van der Waals surface area contributed by atoms with Crippen molar-refractivity contribution in [1.82, 2.24) is 0 Å². The molecule has 0 aromatic heterocycles. The molecule has 1 aliphatic carbocycles. The summed E-state index contributed by atoms with van der Waals surface area (Å²) < 4.78 is 0. The number of benzene rings is 1. The summed E-state index contributed by atoms with van der Waals surface area (Å²) in [4.78, 5) is 0. The van der Waals surface area contributed by atoms with Gasteiger partial charge in [-0.15, -0.1) is 0 Å². The number of rotatable bonds is 0. The van der Waals surface area contributed by atoms with E-state index < -0.39 is 0 Å². The zero-order valence-corrected chi connectivity index (χ0v) is 22.3. The van der Waals surface area contributed by atoms with E-state index in [1.807, 2.05) is 30.7 Å². The van der Waals surface area contributed by atoms with Gasteiger partial charge in [0.2, 0.25) is 0 Å². The molecule has 0 bridgehead atoms. The first-order valence-corrected chi connectivity index (χ1v) is 12.7. The van der Waals surface area contributed by atoms with Crippen LogP contribution in [-0.2, 0) is 29.1 Å². The van der Waals surface area contributed by atoms with Gasteiger partial charge in [0.25, 0.3) is 0 Å². The molecule has 0 saturated heterocycles. The van der Waals surface area contributed by atoms with Crippen molar-refractivity contribution in [2.45, 2.75) is 78.6 Å². The van der Waals surface area contributed by atoms with Crippen molar-refractivity contribution in [2.75, 3.05) is 0 Å². The summed E-state index contributed by atoms with van der Waals surface area (Å²) in [6, 6.07) is 4.86. The summed E-state index contributed by atoms with van der Waals surface area (Å²) in [5.74, 6) is 0. The molecule has 0 N–H and O–H groups in total. The molecule has 27 heavy (non-hydrogen) atoms. The third-order valence-electron chi connectivity index (χ3n) is 4.29. The monoisotopic (exact) mass is 473 g/mol. The van der Waals surface area contributed by atoms with Crippen LogP contribution in [0.15, 0.2) is 36.4 Å². The van der Waals surface area contributed by atoms with E-state index >= 15 is 0 Å². The van der Waals surface area contributed by atoms with Gasteiger partial charge in [-0.1, -0.05) is 98.8 Å². The summed E-state index contributed by atoms with van der Waals surface area (Å²) >= 11 is 0.382. The second-order valence-corrected chi connectivity index (χ2v) is 12.2. The van der Waals surface area contributed by atoms with E-state index in [2.05, 4.69) is 83.7 Å². The van der Waals surface area contributed by atoms with Crippen LogP contribution in [0.1, 0.15) is 79.0 Å². The SMILES string of the molecule is CC(C)(C)c1cc(C(C)(C)C)c([PH3+])c(C(C)(C)C)c1.[CH]1C=CC=C1.[Cl][Co][Cl]. The normalized spacial score (nSPS) is 13.9. The van der Waals surface area contributed by atoms with Crippen molar-refractivity contribution in [3.05, 3.63) is 59.5 Å². The first-order chi connectivity index (χ1) is 12.2. The Morgan fingerprint density at radius 1 is 0.667 bits per heavy atom. The van der Waals surface area contributed by atoms with Crippen LogP contribution in [0, 0.1) is 6.42 Å². The average molecular weight is 474 g/mol. The Hall–Kier alpha value is 0.216. The molecule has 0 spiro atoms. The number of halogens is 2. The van der Waals surface area contributed by atoms with Crippen molar-refractivity contribution in [2.24, 2.45) is 0 Å². The Labute approximate surface area is 185 Å². The van der Waals surface area contributed by atoms with Gasteiger partial charge in [0.1, 0.15) is 0 Å². The van der Waals surface area contributed by atoms with Gasteiger partial charge >= 0.3 is 33.2 Å². The fourth-order valence-corrected chi connectivity index (χ4v) is 4.03. The molecule has 1 unspecified atom stereocenters. The third-order valence-corrected chi connectivity index (χ3v) is 5.05. The van der Waals surface area contributed by atoms with Crippen molar-refractivity contribution in [1.29, 1.82) is 0 Å². The molecule has 0 aliphatic heterocycles. The van der Waals surface area contributed by atoms with Crippen LogP contribution in [0.4, 0.5) is 0 Å². The summed E-state index contributed by atoms with van der Waals surface area (Å²) in [6.45, 7) is 20.8. The third kappa shape index (κ3) is 10.00. The average Bonchev–Trinajstić information content (AvgIpc) is 3.03. The van der Waals surface area contributed by atoms with E-state index in [1.54, 1.807) is 0 Å². The number of hydrogen-bond acceptors (Lipinski definition) is 0. The standard InChI is InChI=1S/C18H31P.C5H5.2ClH.Co/c1-16(2,3)12-10-13(17(4,5)6)15(19)14(11-12)18(7,8)9;1-2-4-5-3-1;;;/h10-11H,19H2,1-9H3;1-5H;2*1H;/q;;;;+2/p-1. The molecular formula is C23H37Cl2CoP+. The predicted molar refractivity (Wildman–Crippen MR) is 128 cm³/mol. The fourth-order valence-electron chi connectivity index (χ4n) is 2.76. The summed E-state index contributed by atoms with van der Waals surface area (Å²) in [5, 5.41) is 1.49. The number of allylic oxidation sites excluding steroid dienone is 4. The maximum absolute atomic E-state index is 4.73. The molecule has 1 aromatic carbocycles. The summed E-state index contributed by atoms with van der Waals surface area (Å²) in [7, 11) is 11.5. The predicted octanol–water partition coefficient (Wildman–Crippen LogP) is 7.50. The molecule has 2 rings (SSSR count). The van der Waals surface area contributed by atoms with Gasteiger partial charge in [-0.2, -0.15) is 0 Å². The molecule has 0 fully saturated rings. The first-order valence-electron chi connectivity index (χ1n) is 9.18. The van der Waals surface area contributed by atoms with E-state index in [4.69, 9.17) is 20.3 Å². The molecule has 1 radical (unpaired) electrons. The van der Waals surface area contributed by atoms with Crippen LogP contribution in [-0.4, -0.2) is 0 Å². The molecule has 4 heteroatoms. The van der Waals surface area contributed by atoms with Gasteiger partial charge in [0.15, 0.2) is 0 Å². The van der Waals surface area contributed by atoms with Crippen molar-refractivity contribution >= 4 is 34.8 Å². The Morgan fingerprint density at radius 2 is 1.00 bits per heavy atom. The van der Waals surface area contributed by atoms with E-state index in [9.17, 15) is 0 Å².